The molecular weight excluding hydrogens is 250 g/mol. The minimum Gasteiger partial charge on any atom is -0.391 e. The van der Waals surface area contributed by atoms with Gasteiger partial charge in [0.2, 0.25) is 0 Å². The fraction of sp³-hybridized carbons (Fsp3) is 0.615. The smallest absolute Gasteiger partial charge is 0.155 e. The van der Waals surface area contributed by atoms with Crippen LogP contribution in [0, 0.1) is 6.92 Å². The number of aromatic nitrogens is 1. The number of nitrogens with zero attached hydrogens (tertiary/aromatic N) is 1. The molecule has 0 spiro atoms. The molecule has 2 rings (SSSR count). The quantitative estimate of drug-likeness (QED) is 0.897. The standard InChI is InChI=1S/C13H19NO3S/c1-10-5-4-7-14-11(10)9-12(15)13-6-2-3-8-18(13,16)17/h4-5,7,12-13,15H,2-3,6,8-9H2,1H3. The summed E-state index contributed by atoms with van der Waals surface area (Å²) in [5.41, 5.74) is 1.77. The summed E-state index contributed by atoms with van der Waals surface area (Å²) in [4.78, 5) is 4.21. The van der Waals surface area contributed by atoms with Crippen LogP contribution in [0.25, 0.3) is 0 Å². The molecule has 2 atom stereocenters. The zero-order valence-corrected chi connectivity index (χ0v) is 11.4. The van der Waals surface area contributed by atoms with Gasteiger partial charge in [-0.15, -0.1) is 0 Å². The number of aryl methyl sites for hydroxylation is 1. The fourth-order valence-corrected chi connectivity index (χ4v) is 4.48. The molecule has 1 saturated heterocycles. The topological polar surface area (TPSA) is 67.3 Å². The van der Waals surface area contributed by atoms with Gasteiger partial charge in [-0.05, 0) is 31.4 Å². The molecule has 1 aromatic rings. The van der Waals surface area contributed by atoms with E-state index < -0.39 is 21.2 Å². The number of aliphatic hydroxyl groups excluding tert-OH is 1. The van der Waals surface area contributed by atoms with Crippen LogP contribution in [0.3, 0.4) is 0 Å². The van der Waals surface area contributed by atoms with E-state index in [-0.39, 0.29) is 5.75 Å². The maximum atomic E-state index is 11.9. The zero-order chi connectivity index (χ0) is 13.2. The maximum Gasteiger partial charge on any atom is 0.155 e. The molecule has 1 fully saturated rings. The minimum absolute atomic E-state index is 0.204. The second kappa shape index (κ2) is 5.36. The Morgan fingerprint density at radius 3 is 2.94 bits per heavy atom. The molecule has 1 N–H and O–H groups in total. The van der Waals surface area contributed by atoms with Crippen molar-refractivity contribution < 1.29 is 13.5 Å². The van der Waals surface area contributed by atoms with Gasteiger partial charge in [0.1, 0.15) is 0 Å². The van der Waals surface area contributed by atoms with Crippen LogP contribution in [0.4, 0.5) is 0 Å². The van der Waals surface area contributed by atoms with E-state index in [1.165, 1.54) is 0 Å². The first-order valence-electron chi connectivity index (χ1n) is 6.31. The Hall–Kier alpha value is -0.940. The molecule has 1 aliphatic rings. The Morgan fingerprint density at radius 2 is 2.28 bits per heavy atom. The van der Waals surface area contributed by atoms with Crippen LogP contribution in [0.5, 0.6) is 0 Å². The Morgan fingerprint density at radius 1 is 1.50 bits per heavy atom. The van der Waals surface area contributed by atoms with Crippen LogP contribution >= 0.6 is 0 Å². The van der Waals surface area contributed by atoms with E-state index >= 15 is 0 Å². The summed E-state index contributed by atoms with van der Waals surface area (Å²) in [5.74, 6) is 0.204. The average Bonchev–Trinajstić information content (AvgIpc) is 2.31. The van der Waals surface area contributed by atoms with E-state index in [4.69, 9.17) is 0 Å². The highest BCUT2D eigenvalue weighted by Crippen LogP contribution is 2.24. The van der Waals surface area contributed by atoms with Crippen molar-refractivity contribution in [1.82, 2.24) is 4.98 Å². The molecule has 18 heavy (non-hydrogen) atoms. The SMILES string of the molecule is Cc1cccnc1CC(O)C1CCCCS1(=O)=O. The van der Waals surface area contributed by atoms with Gasteiger partial charge in [-0.25, -0.2) is 8.42 Å². The van der Waals surface area contributed by atoms with E-state index in [1.807, 2.05) is 19.1 Å². The lowest BCUT2D eigenvalue weighted by Gasteiger charge is -2.26. The van der Waals surface area contributed by atoms with Crippen molar-refractivity contribution in [3.05, 3.63) is 29.6 Å². The third-order valence-electron chi connectivity index (χ3n) is 3.58. The number of sulfone groups is 1. The second-order valence-corrected chi connectivity index (χ2v) is 7.28. The fourth-order valence-electron chi connectivity index (χ4n) is 2.47. The molecule has 0 radical (unpaired) electrons. The predicted octanol–water partition coefficient (Wildman–Crippen LogP) is 1.26. The van der Waals surface area contributed by atoms with Gasteiger partial charge in [-0.1, -0.05) is 12.5 Å². The van der Waals surface area contributed by atoms with Gasteiger partial charge < -0.3 is 5.11 Å². The van der Waals surface area contributed by atoms with Crippen LogP contribution in [0.2, 0.25) is 0 Å². The van der Waals surface area contributed by atoms with Gasteiger partial charge >= 0.3 is 0 Å². The molecule has 0 aliphatic carbocycles. The monoisotopic (exact) mass is 269 g/mol. The lowest BCUT2D eigenvalue weighted by molar-refractivity contribution is 0.160. The Balaban J connectivity index is 2.12. The van der Waals surface area contributed by atoms with Crippen LogP contribution in [0.1, 0.15) is 30.5 Å². The Labute approximate surface area is 108 Å². The molecule has 1 aromatic heterocycles. The predicted molar refractivity (Wildman–Crippen MR) is 70.1 cm³/mol. The van der Waals surface area contributed by atoms with Gasteiger partial charge in [-0.3, -0.25) is 4.98 Å². The first-order chi connectivity index (χ1) is 8.50. The van der Waals surface area contributed by atoms with Crippen LogP contribution in [-0.4, -0.2) is 35.6 Å². The number of pyridine rings is 1. The molecule has 4 nitrogen and oxygen atoms in total. The van der Waals surface area contributed by atoms with E-state index in [0.29, 0.717) is 19.3 Å². The van der Waals surface area contributed by atoms with Crippen molar-refractivity contribution in [2.75, 3.05) is 5.75 Å². The van der Waals surface area contributed by atoms with Gasteiger partial charge in [0.05, 0.1) is 17.1 Å². The normalized spacial score (nSPS) is 24.7. The van der Waals surface area contributed by atoms with E-state index in [2.05, 4.69) is 4.98 Å². The van der Waals surface area contributed by atoms with Crippen LogP contribution in [-0.2, 0) is 16.3 Å². The highest BCUT2D eigenvalue weighted by atomic mass is 32.2. The number of hydrogen-bond acceptors (Lipinski definition) is 4. The van der Waals surface area contributed by atoms with E-state index in [0.717, 1.165) is 17.7 Å². The van der Waals surface area contributed by atoms with Crippen LogP contribution < -0.4 is 0 Å². The third-order valence-corrected chi connectivity index (χ3v) is 5.91. The molecule has 100 valence electrons. The highest BCUT2D eigenvalue weighted by molar-refractivity contribution is 7.92. The number of rotatable bonds is 3. The summed E-state index contributed by atoms with van der Waals surface area (Å²) in [6.45, 7) is 1.92. The summed E-state index contributed by atoms with van der Waals surface area (Å²) in [6.07, 6.45) is 3.30. The van der Waals surface area contributed by atoms with E-state index in [1.54, 1.807) is 6.20 Å². The van der Waals surface area contributed by atoms with Crippen molar-refractivity contribution in [3.63, 3.8) is 0 Å². The molecule has 2 heterocycles. The Bertz CT molecular complexity index is 513. The van der Waals surface area contributed by atoms with Crippen molar-refractivity contribution in [3.8, 4) is 0 Å². The second-order valence-electron chi connectivity index (χ2n) is 4.94. The molecule has 0 bridgehead atoms. The van der Waals surface area contributed by atoms with Gasteiger partial charge in [0.25, 0.3) is 0 Å². The molecule has 1 aliphatic heterocycles. The summed E-state index contributed by atoms with van der Waals surface area (Å²) >= 11 is 0. The summed E-state index contributed by atoms with van der Waals surface area (Å²) in [7, 11) is -3.13. The van der Waals surface area contributed by atoms with Crippen molar-refractivity contribution in [1.29, 1.82) is 0 Å². The lowest BCUT2D eigenvalue weighted by Crippen LogP contribution is -2.39. The van der Waals surface area contributed by atoms with Crippen molar-refractivity contribution in [2.45, 2.75) is 44.0 Å². The average molecular weight is 269 g/mol. The largest absolute Gasteiger partial charge is 0.391 e. The molecule has 0 saturated carbocycles. The first kappa shape index (κ1) is 13.5. The number of aliphatic hydroxyl groups is 1. The summed E-state index contributed by atoms with van der Waals surface area (Å²) < 4.78 is 23.8. The molecule has 0 aromatic carbocycles. The Kier molecular flexibility index (Phi) is 4.02. The van der Waals surface area contributed by atoms with Crippen LogP contribution in [0.15, 0.2) is 18.3 Å². The summed E-state index contributed by atoms with van der Waals surface area (Å²) in [5, 5.41) is 9.55. The zero-order valence-electron chi connectivity index (χ0n) is 10.5. The minimum atomic E-state index is -3.13. The molecule has 0 amide bonds. The third kappa shape index (κ3) is 2.90. The molecular formula is C13H19NO3S. The molecule has 2 unspecified atom stereocenters. The highest BCUT2D eigenvalue weighted by Gasteiger charge is 2.34. The van der Waals surface area contributed by atoms with Crippen molar-refractivity contribution >= 4 is 9.84 Å². The summed E-state index contributed by atoms with van der Waals surface area (Å²) in [6, 6.07) is 3.76. The van der Waals surface area contributed by atoms with Gasteiger partial charge in [0.15, 0.2) is 9.84 Å². The first-order valence-corrected chi connectivity index (χ1v) is 8.02. The molecule has 5 heteroatoms. The van der Waals surface area contributed by atoms with Gasteiger partial charge in [0, 0.05) is 18.3 Å². The van der Waals surface area contributed by atoms with E-state index in [9.17, 15) is 13.5 Å². The number of hydrogen-bond donors (Lipinski definition) is 1. The van der Waals surface area contributed by atoms with Crippen molar-refractivity contribution in [2.24, 2.45) is 0 Å². The lowest BCUT2D eigenvalue weighted by atomic mass is 10.0. The maximum absolute atomic E-state index is 11.9. The van der Waals surface area contributed by atoms with Gasteiger partial charge in [-0.2, -0.15) is 0 Å².